The van der Waals surface area contributed by atoms with Crippen molar-refractivity contribution in [3.8, 4) is 0 Å². The van der Waals surface area contributed by atoms with E-state index in [0.717, 1.165) is 13.0 Å². The van der Waals surface area contributed by atoms with Gasteiger partial charge in [-0.15, -0.1) is 11.6 Å². The van der Waals surface area contributed by atoms with Gasteiger partial charge in [0.15, 0.2) is 0 Å². The highest BCUT2D eigenvalue weighted by Gasteiger charge is 2.07. The molecule has 1 amide bonds. The molecule has 0 aliphatic heterocycles. The standard InChI is InChI=1S/C8H16ClNO/c1-6(2)4-5-10-8(11)7(3)9/h6-7H,4-5H2,1-3H3,(H,10,11)/t7-/m1/s1. The number of carbonyl (C=O) groups is 1. The average molecular weight is 178 g/mol. The minimum absolute atomic E-state index is 0.0766. The van der Waals surface area contributed by atoms with Gasteiger partial charge in [0.2, 0.25) is 5.91 Å². The maximum Gasteiger partial charge on any atom is 0.237 e. The predicted molar refractivity (Wildman–Crippen MR) is 47.8 cm³/mol. The minimum Gasteiger partial charge on any atom is -0.355 e. The van der Waals surface area contributed by atoms with E-state index in [1.165, 1.54) is 0 Å². The summed E-state index contributed by atoms with van der Waals surface area (Å²) in [5.74, 6) is 0.549. The molecule has 0 unspecified atom stereocenters. The Morgan fingerprint density at radius 1 is 1.45 bits per heavy atom. The zero-order chi connectivity index (χ0) is 8.85. The lowest BCUT2D eigenvalue weighted by atomic mass is 10.1. The summed E-state index contributed by atoms with van der Waals surface area (Å²) in [7, 11) is 0. The molecule has 2 nitrogen and oxygen atoms in total. The van der Waals surface area contributed by atoms with Crippen LogP contribution in [0.3, 0.4) is 0 Å². The van der Waals surface area contributed by atoms with Gasteiger partial charge in [-0.3, -0.25) is 4.79 Å². The van der Waals surface area contributed by atoms with Gasteiger partial charge in [0, 0.05) is 6.54 Å². The summed E-state index contributed by atoms with van der Waals surface area (Å²) in [4.78, 5) is 10.9. The Morgan fingerprint density at radius 3 is 2.36 bits per heavy atom. The van der Waals surface area contributed by atoms with Gasteiger partial charge in [0.25, 0.3) is 0 Å². The average Bonchev–Trinajstić information content (AvgIpc) is 1.86. The molecule has 0 radical (unpaired) electrons. The SMILES string of the molecule is CC(C)CCNC(=O)[C@@H](C)Cl. The Hall–Kier alpha value is -0.240. The molecule has 0 saturated carbocycles. The fourth-order valence-electron chi connectivity index (χ4n) is 0.625. The summed E-state index contributed by atoms with van der Waals surface area (Å²) >= 11 is 5.53. The van der Waals surface area contributed by atoms with Gasteiger partial charge in [-0.2, -0.15) is 0 Å². The zero-order valence-electron chi connectivity index (χ0n) is 7.36. The van der Waals surface area contributed by atoms with Crippen LogP contribution in [-0.4, -0.2) is 17.8 Å². The van der Waals surface area contributed by atoms with E-state index in [1.54, 1.807) is 6.92 Å². The highest BCUT2D eigenvalue weighted by Crippen LogP contribution is 1.97. The predicted octanol–water partition coefficient (Wildman–Crippen LogP) is 1.78. The molecule has 1 N–H and O–H groups in total. The molecule has 0 bridgehead atoms. The fraction of sp³-hybridized carbons (Fsp3) is 0.875. The van der Waals surface area contributed by atoms with Gasteiger partial charge in [0.05, 0.1) is 0 Å². The molecule has 66 valence electrons. The van der Waals surface area contributed by atoms with E-state index < -0.39 is 5.38 Å². The molecule has 3 heteroatoms. The lowest BCUT2D eigenvalue weighted by Crippen LogP contribution is -2.30. The normalized spacial score (nSPS) is 13.2. The molecule has 0 aromatic heterocycles. The fourth-order valence-corrected chi connectivity index (χ4v) is 0.702. The first-order chi connectivity index (χ1) is 5.04. The van der Waals surface area contributed by atoms with Crippen LogP contribution in [-0.2, 0) is 4.79 Å². The highest BCUT2D eigenvalue weighted by molar-refractivity contribution is 6.30. The Balaban J connectivity index is 3.32. The minimum atomic E-state index is -0.415. The first-order valence-corrected chi connectivity index (χ1v) is 4.39. The third-order valence-electron chi connectivity index (χ3n) is 1.38. The van der Waals surface area contributed by atoms with E-state index in [-0.39, 0.29) is 5.91 Å². The molecule has 0 saturated heterocycles. The molecule has 0 aliphatic rings. The third kappa shape index (κ3) is 6.17. The maximum absolute atomic E-state index is 10.9. The molecule has 11 heavy (non-hydrogen) atoms. The summed E-state index contributed by atoms with van der Waals surface area (Å²) in [6.07, 6.45) is 1.01. The maximum atomic E-state index is 10.9. The van der Waals surface area contributed by atoms with Crippen LogP contribution in [0.5, 0.6) is 0 Å². The first-order valence-electron chi connectivity index (χ1n) is 3.95. The van der Waals surface area contributed by atoms with Gasteiger partial charge < -0.3 is 5.32 Å². The summed E-state index contributed by atoms with van der Waals surface area (Å²) in [6.45, 7) is 6.65. The number of hydrogen-bond donors (Lipinski definition) is 1. The van der Waals surface area contributed by atoms with Crippen molar-refractivity contribution in [1.29, 1.82) is 0 Å². The number of carbonyl (C=O) groups excluding carboxylic acids is 1. The van der Waals surface area contributed by atoms with E-state index in [1.807, 2.05) is 0 Å². The van der Waals surface area contributed by atoms with Crippen molar-refractivity contribution in [1.82, 2.24) is 5.32 Å². The highest BCUT2D eigenvalue weighted by atomic mass is 35.5. The molecule has 0 fully saturated rings. The second-order valence-electron chi connectivity index (χ2n) is 3.09. The number of amides is 1. The summed E-state index contributed by atoms with van der Waals surface area (Å²) in [6, 6.07) is 0. The lowest BCUT2D eigenvalue weighted by Gasteiger charge is -2.07. The smallest absolute Gasteiger partial charge is 0.237 e. The largest absolute Gasteiger partial charge is 0.355 e. The number of halogens is 1. The van der Waals surface area contributed by atoms with Crippen LogP contribution in [0.2, 0.25) is 0 Å². The molecular formula is C8H16ClNO. The van der Waals surface area contributed by atoms with Crippen molar-refractivity contribution in [2.24, 2.45) is 5.92 Å². The quantitative estimate of drug-likeness (QED) is 0.652. The molecule has 0 aromatic rings. The summed E-state index contributed by atoms with van der Waals surface area (Å²) in [5.41, 5.74) is 0. The number of hydrogen-bond acceptors (Lipinski definition) is 1. The molecule has 0 heterocycles. The van der Waals surface area contributed by atoms with Crippen LogP contribution in [0.4, 0.5) is 0 Å². The second-order valence-corrected chi connectivity index (χ2v) is 3.74. The van der Waals surface area contributed by atoms with Crippen molar-refractivity contribution in [3.63, 3.8) is 0 Å². The molecule has 0 spiro atoms. The molecule has 1 atom stereocenters. The third-order valence-corrected chi connectivity index (χ3v) is 1.58. The van der Waals surface area contributed by atoms with Gasteiger partial charge in [-0.1, -0.05) is 13.8 Å². The van der Waals surface area contributed by atoms with E-state index >= 15 is 0 Å². The van der Waals surface area contributed by atoms with Crippen LogP contribution in [0, 0.1) is 5.92 Å². The van der Waals surface area contributed by atoms with Crippen LogP contribution in [0.25, 0.3) is 0 Å². The van der Waals surface area contributed by atoms with Gasteiger partial charge in [0.1, 0.15) is 5.38 Å². The van der Waals surface area contributed by atoms with Crippen LogP contribution >= 0.6 is 11.6 Å². The second kappa shape index (κ2) is 5.42. The molecule has 0 rings (SSSR count). The van der Waals surface area contributed by atoms with E-state index in [9.17, 15) is 4.79 Å². The Morgan fingerprint density at radius 2 is 2.00 bits per heavy atom. The summed E-state index contributed by atoms with van der Waals surface area (Å²) in [5, 5.41) is 2.33. The zero-order valence-corrected chi connectivity index (χ0v) is 8.11. The van der Waals surface area contributed by atoms with Crippen molar-refractivity contribution in [3.05, 3.63) is 0 Å². The Kier molecular flexibility index (Phi) is 5.30. The number of alkyl halides is 1. The van der Waals surface area contributed by atoms with Crippen LogP contribution in [0.15, 0.2) is 0 Å². The molecule has 0 aliphatic carbocycles. The monoisotopic (exact) mass is 177 g/mol. The molecule has 0 aromatic carbocycles. The van der Waals surface area contributed by atoms with Crippen LogP contribution < -0.4 is 5.32 Å². The van der Waals surface area contributed by atoms with Crippen molar-refractivity contribution < 1.29 is 4.79 Å². The number of rotatable bonds is 4. The van der Waals surface area contributed by atoms with Crippen LogP contribution in [0.1, 0.15) is 27.2 Å². The number of nitrogens with one attached hydrogen (secondary N) is 1. The Bertz CT molecular complexity index is 123. The van der Waals surface area contributed by atoms with Crippen molar-refractivity contribution in [2.45, 2.75) is 32.6 Å². The van der Waals surface area contributed by atoms with Crippen molar-refractivity contribution in [2.75, 3.05) is 6.54 Å². The van der Waals surface area contributed by atoms with E-state index in [2.05, 4.69) is 19.2 Å². The topological polar surface area (TPSA) is 29.1 Å². The lowest BCUT2D eigenvalue weighted by molar-refractivity contribution is -0.120. The van der Waals surface area contributed by atoms with Gasteiger partial charge in [-0.05, 0) is 19.3 Å². The van der Waals surface area contributed by atoms with Gasteiger partial charge >= 0.3 is 0 Å². The molecular weight excluding hydrogens is 162 g/mol. The van der Waals surface area contributed by atoms with Gasteiger partial charge in [-0.25, -0.2) is 0 Å². The van der Waals surface area contributed by atoms with E-state index in [4.69, 9.17) is 11.6 Å². The summed E-state index contributed by atoms with van der Waals surface area (Å²) < 4.78 is 0. The first kappa shape index (κ1) is 10.8. The van der Waals surface area contributed by atoms with Crippen molar-refractivity contribution >= 4 is 17.5 Å². The van der Waals surface area contributed by atoms with E-state index in [0.29, 0.717) is 5.92 Å². The Labute approximate surface area is 73.3 Å².